The van der Waals surface area contributed by atoms with Gasteiger partial charge in [0.25, 0.3) is 0 Å². The Morgan fingerprint density at radius 1 is 1.50 bits per heavy atom. The highest BCUT2D eigenvalue weighted by Crippen LogP contribution is 1.80. The number of aliphatic carboxylic acids is 2. The van der Waals surface area contributed by atoms with Gasteiger partial charge in [0, 0.05) is 12.2 Å². The van der Waals surface area contributed by atoms with Gasteiger partial charge in [-0.1, -0.05) is 6.92 Å². The van der Waals surface area contributed by atoms with Gasteiger partial charge in [0.1, 0.15) is 6.04 Å². The minimum absolute atomic E-state index is 0.190. The number of thiol groups is 1. The maximum atomic E-state index is 9.76. The molecular formula is C6H13NO4S. The first kappa shape index (κ1) is 13.8. The van der Waals surface area contributed by atoms with Crippen molar-refractivity contribution in [1.29, 1.82) is 0 Å². The molecule has 0 heterocycles. The van der Waals surface area contributed by atoms with Crippen LogP contribution >= 0.6 is 12.6 Å². The molecule has 0 rings (SSSR count). The van der Waals surface area contributed by atoms with E-state index in [0.717, 1.165) is 0 Å². The topological polar surface area (TPSA) is 101 Å². The summed E-state index contributed by atoms with van der Waals surface area (Å²) in [4.78, 5) is 19.1. The summed E-state index contributed by atoms with van der Waals surface area (Å²) in [7, 11) is 0. The molecule has 0 fully saturated rings. The van der Waals surface area contributed by atoms with Crippen LogP contribution in [0.5, 0.6) is 0 Å². The number of carbonyl (C=O) groups is 2. The van der Waals surface area contributed by atoms with Crippen LogP contribution < -0.4 is 5.73 Å². The van der Waals surface area contributed by atoms with Gasteiger partial charge >= 0.3 is 11.9 Å². The summed E-state index contributed by atoms with van der Waals surface area (Å²) in [5.41, 5.74) is 4.94. The van der Waals surface area contributed by atoms with Crippen molar-refractivity contribution in [3.8, 4) is 0 Å². The van der Waals surface area contributed by atoms with Gasteiger partial charge in [0.05, 0.1) is 0 Å². The number of hydrogen-bond donors (Lipinski definition) is 4. The maximum Gasteiger partial charge on any atom is 0.321 e. The van der Waals surface area contributed by atoms with Gasteiger partial charge in [0.15, 0.2) is 0 Å². The first-order valence-electron chi connectivity index (χ1n) is 3.26. The molecule has 0 aliphatic carbocycles. The van der Waals surface area contributed by atoms with Crippen molar-refractivity contribution in [3.63, 3.8) is 0 Å². The Hall–Kier alpha value is -0.750. The summed E-state index contributed by atoms with van der Waals surface area (Å²) in [5.74, 6) is -1.56. The van der Waals surface area contributed by atoms with Crippen molar-refractivity contribution in [3.05, 3.63) is 0 Å². The van der Waals surface area contributed by atoms with E-state index in [4.69, 9.17) is 15.9 Å². The monoisotopic (exact) mass is 195 g/mol. The second-order valence-corrected chi connectivity index (χ2v) is 2.24. The van der Waals surface area contributed by atoms with E-state index < -0.39 is 18.0 Å². The van der Waals surface area contributed by atoms with Crippen molar-refractivity contribution in [2.75, 3.05) is 5.75 Å². The summed E-state index contributed by atoms with van der Waals surface area (Å²) in [5, 5.41) is 15.7. The van der Waals surface area contributed by atoms with E-state index in [-0.39, 0.29) is 12.2 Å². The molecule has 4 N–H and O–H groups in total. The van der Waals surface area contributed by atoms with E-state index in [1.807, 2.05) is 0 Å². The zero-order chi connectivity index (χ0) is 10.1. The minimum atomic E-state index is -1.00. The van der Waals surface area contributed by atoms with Crippen LogP contribution in [0.2, 0.25) is 0 Å². The van der Waals surface area contributed by atoms with Crippen molar-refractivity contribution in [2.45, 2.75) is 19.4 Å². The number of carboxylic acids is 2. The van der Waals surface area contributed by atoms with Gasteiger partial charge in [-0.25, -0.2) is 0 Å². The highest BCUT2D eigenvalue weighted by Gasteiger charge is 2.06. The third-order valence-corrected chi connectivity index (χ3v) is 1.21. The standard InChI is InChI=1S/C3H7NO2S.C3H6O2/c4-2(1-7)3(5)6;1-2-3(4)5/h2,7H,1,4H2,(H,5,6);2H2,1H3,(H,4,5)/t2-;/m0./s1. The largest absolute Gasteiger partial charge is 0.481 e. The molecule has 1 atom stereocenters. The molecule has 0 spiro atoms. The van der Waals surface area contributed by atoms with Crippen LogP contribution in [0.3, 0.4) is 0 Å². The fourth-order valence-corrected chi connectivity index (χ4v) is 0.234. The van der Waals surface area contributed by atoms with Crippen LogP contribution in [0, 0.1) is 0 Å². The van der Waals surface area contributed by atoms with E-state index in [1.165, 1.54) is 0 Å². The van der Waals surface area contributed by atoms with Gasteiger partial charge < -0.3 is 15.9 Å². The molecule has 0 saturated carbocycles. The molecule has 0 aliphatic heterocycles. The molecule has 0 aromatic rings. The number of carboxylic acid groups (broad SMARTS) is 2. The minimum Gasteiger partial charge on any atom is -0.481 e. The maximum absolute atomic E-state index is 9.76. The predicted octanol–water partition coefficient (Wildman–Crippen LogP) is -0.191. The third-order valence-electron chi connectivity index (χ3n) is 0.816. The lowest BCUT2D eigenvalue weighted by Gasteiger charge is -1.96. The third kappa shape index (κ3) is 12.0. The predicted molar refractivity (Wildman–Crippen MR) is 47.4 cm³/mol. The summed E-state index contributed by atoms with van der Waals surface area (Å²) in [6.45, 7) is 1.60. The quantitative estimate of drug-likeness (QED) is 0.468. The zero-order valence-electron chi connectivity index (χ0n) is 6.73. The highest BCUT2D eigenvalue weighted by molar-refractivity contribution is 7.80. The smallest absolute Gasteiger partial charge is 0.321 e. The average molecular weight is 195 g/mol. The molecule has 0 saturated heterocycles. The number of hydrogen-bond acceptors (Lipinski definition) is 4. The molecule has 6 heteroatoms. The van der Waals surface area contributed by atoms with E-state index in [9.17, 15) is 9.59 Å². The van der Waals surface area contributed by atoms with Gasteiger partial charge in [-0.3, -0.25) is 9.59 Å². The molecule has 0 aliphatic rings. The molecule has 0 aromatic heterocycles. The fraction of sp³-hybridized carbons (Fsp3) is 0.667. The Balaban J connectivity index is 0. The van der Waals surface area contributed by atoms with E-state index >= 15 is 0 Å². The summed E-state index contributed by atoms with van der Waals surface area (Å²) >= 11 is 3.65. The first-order chi connectivity index (χ1) is 5.45. The van der Waals surface area contributed by atoms with Gasteiger partial charge in [-0.05, 0) is 0 Å². The lowest BCUT2D eigenvalue weighted by Crippen LogP contribution is -2.31. The molecule has 72 valence electrons. The molecule has 0 radical (unpaired) electrons. The number of rotatable bonds is 3. The molecule has 12 heavy (non-hydrogen) atoms. The van der Waals surface area contributed by atoms with Crippen LogP contribution in [-0.2, 0) is 9.59 Å². The lowest BCUT2D eigenvalue weighted by atomic mass is 10.4. The molecule has 0 unspecified atom stereocenters. The molecular weight excluding hydrogens is 182 g/mol. The van der Waals surface area contributed by atoms with Crippen molar-refractivity contribution >= 4 is 24.6 Å². The Morgan fingerprint density at radius 2 is 1.83 bits per heavy atom. The molecule has 0 bridgehead atoms. The fourth-order valence-electron chi connectivity index (χ4n) is 0.0781. The second-order valence-electron chi connectivity index (χ2n) is 1.87. The SMILES string of the molecule is CCC(=O)O.N[C@@H](CS)C(=O)O. The van der Waals surface area contributed by atoms with Crippen LogP contribution in [0.15, 0.2) is 0 Å². The molecule has 0 aromatic carbocycles. The second kappa shape index (κ2) is 8.35. The van der Waals surface area contributed by atoms with Crippen LogP contribution in [0.4, 0.5) is 0 Å². The van der Waals surface area contributed by atoms with Crippen LogP contribution in [0.25, 0.3) is 0 Å². The molecule has 0 amide bonds. The Kier molecular flexibility index (Phi) is 9.61. The Bertz CT molecular complexity index is 150. The normalized spacial score (nSPS) is 10.9. The van der Waals surface area contributed by atoms with Gasteiger partial charge in [-0.15, -0.1) is 0 Å². The van der Waals surface area contributed by atoms with Crippen molar-refractivity contribution in [1.82, 2.24) is 0 Å². The summed E-state index contributed by atoms with van der Waals surface area (Å²) < 4.78 is 0. The first-order valence-corrected chi connectivity index (χ1v) is 3.90. The molecule has 5 nitrogen and oxygen atoms in total. The van der Waals surface area contributed by atoms with Crippen molar-refractivity contribution < 1.29 is 19.8 Å². The van der Waals surface area contributed by atoms with Gasteiger partial charge in [0.2, 0.25) is 0 Å². The van der Waals surface area contributed by atoms with Gasteiger partial charge in [-0.2, -0.15) is 12.6 Å². The Morgan fingerprint density at radius 3 is 1.83 bits per heavy atom. The van der Waals surface area contributed by atoms with E-state index in [0.29, 0.717) is 0 Å². The van der Waals surface area contributed by atoms with Crippen LogP contribution in [0.1, 0.15) is 13.3 Å². The van der Waals surface area contributed by atoms with E-state index in [2.05, 4.69) is 12.6 Å². The number of nitrogens with two attached hydrogens (primary N) is 1. The van der Waals surface area contributed by atoms with Crippen molar-refractivity contribution in [2.24, 2.45) is 5.73 Å². The summed E-state index contributed by atoms with van der Waals surface area (Å²) in [6.07, 6.45) is 0.222. The van der Waals surface area contributed by atoms with E-state index in [1.54, 1.807) is 6.92 Å². The zero-order valence-corrected chi connectivity index (χ0v) is 7.62. The lowest BCUT2D eigenvalue weighted by molar-refractivity contribution is -0.138. The average Bonchev–Trinajstić information content (AvgIpc) is 2.04. The Labute approximate surface area is 76.0 Å². The highest BCUT2D eigenvalue weighted by atomic mass is 32.1. The summed E-state index contributed by atoms with van der Waals surface area (Å²) in [6, 6.07) is -0.816. The van der Waals surface area contributed by atoms with Crippen LogP contribution in [-0.4, -0.2) is 33.9 Å².